The van der Waals surface area contributed by atoms with Crippen LogP contribution in [0.4, 0.5) is 0 Å². The lowest BCUT2D eigenvalue weighted by Gasteiger charge is -1.98. The number of hydrogen-bond acceptors (Lipinski definition) is 2. The van der Waals surface area contributed by atoms with E-state index in [4.69, 9.17) is 5.73 Å². The van der Waals surface area contributed by atoms with Gasteiger partial charge in [0.1, 0.15) is 6.29 Å². The van der Waals surface area contributed by atoms with Crippen LogP contribution in [0.3, 0.4) is 0 Å². The van der Waals surface area contributed by atoms with Crippen molar-refractivity contribution >= 4 is 12.2 Å². The average molecular weight is 143 g/mol. The van der Waals surface area contributed by atoms with E-state index in [0.717, 1.165) is 0 Å². The van der Waals surface area contributed by atoms with Crippen LogP contribution in [0, 0.1) is 0 Å². The first-order chi connectivity index (χ1) is 4.81. The van der Waals surface area contributed by atoms with E-state index in [1.807, 2.05) is 0 Å². The van der Waals surface area contributed by atoms with Crippen LogP contribution >= 0.6 is 0 Å². The maximum absolute atomic E-state index is 10.6. The molecule has 0 spiro atoms. The van der Waals surface area contributed by atoms with E-state index >= 15 is 0 Å². The Morgan fingerprint density at radius 2 is 2.30 bits per heavy atom. The number of hydrogen-bond donors (Lipinski definition) is 1. The average Bonchev–Trinajstić information content (AvgIpc) is 1.97. The molecule has 1 radical (unpaired) electrons. The summed E-state index contributed by atoms with van der Waals surface area (Å²) in [5, 5.41) is 2.48. The second-order valence-electron chi connectivity index (χ2n) is 1.81. The van der Waals surface area contributed by atoms with Gasteiger partial charge in [-0.2, -0.15) is 0 Å². The second-order valence-corrected chi connectivity index (χ2v) is 1.81. The summed E-state index contributed by atoms with van der Waals surface area (Å²) in [4.78, 5) is 20.4. The Bertz CT molecular complexity index is 114. The highest BCUT2D eigenvalue weighted by Gasteiger charge is 1.96. The monoisotopic (exact) mass is 143 g/mol. The summed E-state index contributed by atoms with van der Waals surface area (Å²) >= 11 is 0. The molecule has 0 saturated carbocycles. The maximum Gasteiger partial charge on any atom is 0.220 e. The third-order valence-electron chi connectivity index (χ3n) is 0.936. The van der Waals surface area contributed by atoms with Gasteiger partial charge in [-0.25, -0.2) is 0 Å². The van der Waals surface area contributed by atoms with E-state index in [1.54, 1.807) is 0 Å². The third-order valence-corrected chi connectivity index (χ3v) is 0.936. The largest absolute Gasteiger partial charge is 0.355 e. The molecule has 0 unspecified atom stereocenters. The van der Waals surface area contributed by atoms with Crippen molar-refractivity contribution < 1.29 is 9.59 Å². The van der Waals surface area contributed by atoms with Gasteiger partial charge in [0.25, 0.3) is 0 Å². The van der Waals surface area contributed by atoms with Gasteiger partial charge in [0.15, 0.2) is 0 Å². The first-order valence-electron chi connectivity index (χ1n) is 3.16. The molecular formula is C6H11N2O2. The fourth-order valence-corrected chi connectivity index (χ4v) is 0.480. The van der Waals surface area contributed by atoms with Gasteiger partial charge in [-0.1, -0.05) is 0 Å². The molecule has 0 rings (SSSR count). The smallest absolute Gasteiger partial charge is 0.220 e. The quantitative estimate of drug-likeness (QED) is 0.520. The minimum Gasteiger partial charge on any atom is -0.355 e. The van der Waals surface area contributed by atoms with Crippen LogP contribution in [0.5, 0.6) is 0 Å². The Morgan fingerprint density at radius 3 is 2.80 bits per heavy atom. The molecule has 10 heavy (non-hydrogen) atoms. The summed E-state index contributed by atoms with van der Waals surface area (Å²) in [5.41, 5.74) is 6.69. The van der Waals surface area contributed by atoms with E-state index in [-0.39, 0.29) is 25.3 Å². The summed E-state index contributed by atoms with van der Waals surface area (Å²) < 4.78 is 0. The molecule has 4 nitrogen and oxygen atoms in total. The Labute approximate surface area is 59.8 Å². The SMILES string of the molecule is [NH]CCNC(=O)CCC=O. The number of amides is 1. The molecule has 0 aliphatic heterocycles. The van der Waals surface area contributed by atoms with Crippen molar-refractivity contribution in [3.8, 4) is 0 Å². The molecule has 0 aliphatic carbocycles. The van der Waals surface area contributed by atoms with Gasteiger partial charge in [0, 0.05) is 25.9 Å². The number of carbonyl (C=O) groups excluding carboxylic acids is 2. The van der Waals surface area contributed by atoms with Crippen molar-refractivity contribution in [3.05, 3.63) is 0 Å². The lowest BCUT2D eigenvalue weighted by Crippen LogP contribution is -2.26. The molecule has 0 aliphatic rings. The minimum absolute atomic E-state index is 0.153. The fraction of sp³-hybridized carbons (Fsp3) is 0.667. The lowest BCUT2D eigenvalue weighted by atomic mass is 10.3. The Balaban J connectivity index is 3.16. The van der Waals surface area contributed by atoms with Crippen molar-refractivity contribution in [2.75, 3.05) is 13.1 Å². The highest BCUT2D eigenvalue weighted by atomic mass is 16.1. The van der Waals surface area contributed by atoms with E-state index < -0.39 is 0 Å². The number of nitrogens with one attached hydrogen (secondary N) is 2. The molecule has 0 heterocycles. The third kappa shape index (κ3) is 5.24. The molecule has 0 aromatic rings. The van der Waals surface area contributed by atoms with E-state index in [1.165, 1.54) is 0 Å². The second kappa shape index (κ2) is 6.22. The summed E-state index contributed by atoms with van der Waals surface area (Å²) in [7, 11) is 0. The lowest BCUT2D eigenvalue weighted by molar-refractivity contribution is -0.122. The van der Waals surface area contributed by atoms with Crippen molar-refractivity contribution in [3.63, 3.8) is 0 Å². The van der Waals surface area contributed by atoms with E-state index in [2.05, 4.69) is 5.32 Å². The topological polar surface area (TPSA) is 70.0 Å². The fourth-order valence-electron chi connectivity index (χ4n) is 0.480. The number of aldehydes is 1. The summed E-state index contributed by atoms with van der Waals surface area (Å²) in [6, 6.07) is 0. The summed E-state index contributed by atoms with van der Waals surface area (Å²) in [6.07, 6.45) is 1.22. The van der Waals surface area contributed by atoms with Gasteiger partial charge in [-0.3, -0.25) is 10.5 Å². The van der Waals surface area contributed by atoms with Gasteiger partial charge in [-0.05, 0) is 0 Å². The standard InChI is InChI=1S/C6H11N2O2/c7-3-4-8-6(10)2-1-5-9/h5,7H,1-4H2,(H,8,10). The zero-order valence-electron chi connectivity index (χ0n) is 5.72. The highest BCUT2D eigenvalue weighted by molar-refractivity contribution is 5.77. The molecule has 0 saturated heterocycles. The van der Waals surface area contributed by atoms with Gasteiger partial charge >= 0.3 is 0 Å². The summed E-state index contributed by atoms with van der Waals surface area (Å²) in [5.74, 6) is -0.153. The first-order valence-corrected chi connectivity index (χ1v) is 3.16. The maximum atomic E-state index is 10.6. The Kier molecular flexibility index (Phi) is 5.66. The zero-order chi connectivity index (χ0) is 7.82. The van der Waals surface area contributed by atoms with Gasteiger partial charge < -0.3 is 10.1 Å². The molecule has 0 atom stereocenters. The molecule has 0 aromatic heterocycles. The van der Waals surface area contributed by atoms with Crippen LogP contribution in [-0.4, -0.2) is 25.3 Å². The molecule has 0 fully saturated rings. The predicted octanol–water partition coefficient (Wildman–Crippen LogP) is -0.635. The van der Waals surface area contributed by atoms with Crippen molar-refractivity contribution in [2.45, 2.75) is 12.8 Å². The first kappa shape index (κ1) is 9.10. The minimum atomic E-state index is -0.153. The Morgan fingerprint density at radius 1 is 1.60 bits per heavy atom. The van der Waals surface area contributed by atoms with Crippen molar-refractivity contribution in [2.24, 2.45) is 0 Å². The number of carbonyl (C=O) groups is 2. The van der Waals surface area contributed by atoms with Crippen LogP contribution in [0.1, 0.15) is 12.8 Å². The van der Waals surface area contributed by atoms with Crippen molar-refractivity contribution in [1.82, 2.24) is 11.1 Å². The van der Waals surface area contributed by atoms with Gasteiger partial charge in [0.05, 0.1) is 0 Å². The van der Waals surface area contributed by atoms with Crippen LogP contribution < -0.4 is 11.1 Å². The van der Waals surface area contributed by atoms with Crippen LogP contribution in [0.2, 0.25) is 0 Å². The summed E-state index contributed by atoms with van der Waals surface area (Å²) in [6.45, 7) is 0.560. The molecule has 0 bridgehead atoms. The van der Waals surface area contributed by atoms with E-state index in [9.17, 15) is 9.59 Å². The molecule has 57 valence electrons. The van der Waals surface area contributed by atoms with Gasteiger partial charge in [0.2, 0.25) is 5.91 Å². The Hall–Kier alpha value is -0.900. The molecule has 4 heteroatoms. The zero-order valence-corrected chi connectivity index (χ0v) is 5.72. The normalized spacial score (nSPS) is 8.90. The molecular weight excluding hydrogens is 132 g/mol. The number of rotatable bonds is 5. The predicted molar refractivity (Wildman–Crippen MR) is 36.3 cm³/mol. The molecule has 1 amide bonds. The van der Waals surface area contributed by atoms with Crippen molar-refractivity contribution in [1.29, 1.82) is 0 Å². The highest BCUT2D eigenvalue weighted by Crippen LogP contribution is 1.82. The van der Waals surface area contributed by atoms with Crippen LogP contribution in [0.25, 0.3) is 0 Å². The molecule has 2 N–H and O–H groups in total. The van der Waals surface area contributed by atoms with Crippen LogP contribution in [-0.2, 0) is 9.59 Å². The van der Waals surface area contributed by atoms with Gasteiger partial charge in [-0.15, -0.1) is 0 Å². The van der Waals surface area contributed by atoms with Crippen LogP contribution in [0.15, 0.2) is 0 Å². The van der Waals surface area contributed by atoms with E-state index in [0.29, 0.717) is 12.8 Å². The molecule has 0 aromatic carbocycles.